The van der Waals surface area contributed by atoms with E-state index in [0.29, 0.717) is 5.82 Å². The number of hydrogen-bond acceptors (Lipinski definition) is 3. The van der Waals surface area contributed by atoms with Crippen LogP contribution < -0.4 is 10.9 Å². The highest BCUT2D eigenvalue weighted by atomic mass is 16.2. The maximum absolute atomic E-state index is 12.2. The van der Waals surface area contributed by atoms with Crippen molar-refractivity contribution in [2.45, 2.75) is 38.6 Å². The Labute approximate surface area is 128 Å². The molecule has 1 atom stereocenters. The van der Waals surface area contributed by atoms with E-state index in [4.69, 9.17) is 0 Å². The third-order valence-corrected chi connectivity index (χ3v) is 3.93. The Kier molecular flexibility index (Phi) is 3.79. The molecule has 0 aliphatic heterocycles. The first-order chi connectivity index (χ1) is 10.5. The van der Waals surface area contributed by atoms with Gasteiger partial charge in [0, 0.05) is 6.07 Å². The van der Waals surface area contributed by atoms with Gasteiger partial charge in [0.05, 0.1) is 6.04 Å². The lowest BCUT2D eigenvalue weighted by Crippen LogP contribution is -2.29. The minimum atomic E-state index is -0.340. The van der Waals surface area contributed by atoms with Crippen molar-refractivity contribution in [3.8, 4) is 0 Å². The fourth-order valence-corrected chi connectivity index (χ4v) is 2.52. The third-order valence-electron chi connectivity index (χ3n) is 3.93. The largest absolute Gasteiger partial charge is 0.344 e. The first-order valence-corrected chi connectivity index (χ1v) is 7.51. The zero-order valence-electron chi connectivity index (χ0n) is 12.7. The van der Waals surface area contributed by atoms with Crippen LogP contribution >= 0.6 is 0 Å². The minimum absolute atomic E-state index is 0.137. The van der Waals surface area contributed by atoms with Crippen LogP contribution in [0.15, 0.2) is 35.1 Å². The highest BCUT2D eigenvalue weighted by Gasteiger charge is 2.23. The zero-order valence-corrected chi connectivity index (χ0v) is 12.7. The molecule has 2 N–H and O–H groups in total. The van der Waals surface area contributed by atoms with Gasteiger partial charge < -0.3 is 10.3 Å². The topological polar surface area (TPSA) is 74.8 Å². The normalized spacial score (nSPS) is 15.4. The van der Waals surface area contributed by atoms with Crippen LogP contribution in [0.1, 0.15) is 59.2 Å². The van der Waals surface area contributed by atoms with E-state index in [1.807, 2.05) is 6.92 Å². The van der Waals surface area contributed by atoms with Crippen LogP contribution in [-0.4, -0.2) is 15.9 Å². The quantitative estimate of drug-likeness (QED) is 0.910. The van der Waals surface area contributed by atoms with Crippen LogP contribution in [0.5, 0.6) is 0 Å². The number of nitrogens with one attached hydrogen (secondary N) is 2. The molecule has 2 aromatic rings. The molecule has 22 heavy (non-hydrogen) atoms. The highest BCUT2D eigenvalue weighted by Crippen LogP contribution is 2.40. The SMILES string of the molecule is Cc1nc(C(=O)NC(C)c2ccc(C3CC3)cc2)cc(=O)[nH]1. The monoisotopic (exact) mass is 297 g/mol. The number of benzene rings is 1. The fraction of sp³-hybridized carbons (Fsp3) is 0.353. The van der Waals surface area contributed by atoms with Crippen LogP contribution in [0.4, 0.5) is 0 Å². The average molecular weight is 297 g/mol. The van der Waals surface area contributed by atoms with E-state index < -0.39 is 0 Å². The molecule has 1 unspecified atom stereocenters. The van der Waals surface area contributed by atoms with Crippen molar-refractivity contribution in [2.24, 2.45) is 0 Å². The van der Waals surface area contributed by atoms with Gasteiger partial charge in [0.2, 0.25) is 0 Å². The smallest absolute Gasteiger partial charge is 0.270 e. The number of aromatic amines is 1. The number of hydrogen-bond donors (Lipinski definition) is 2. The van der Waals surface area contributed by atoms with Gasteiger partial charge in [-0.2, -0.15) is 0 Å². The lowest BCUT2D eigenvalue weighted by molar-refractivity contribution is 0.0934. The Morgan fingerprint density at radius 2 is 2.00 bits per heavy atom. The summed E-state index contributed by atoms with van der Waals surface area (Å²) in [5.41, 5.74) is 2.23. The Morgan fingerprint density at radius 1 is 1.32 bits per heavy atom. The van der Waals surface area contributed by atoms with Crippen LogP contribution in [0.2, 0.25) is 0 Å². The number of amides is 1. The van der Waals surface area contributed by atoms with Crippen molar-refractivity contribution in [3.05, 3.63) is 63.3 Å². The average Bonchev–Trinajstić information content (AvgIpc) is 3.31. The Hall–Kier alpha value is -2.43. The molecular formula is C17H19N3O2. The molecule has 5 nitrogen and oxygen atoms in total. The van der Waals surface area contributed by atoms with E-state index in [2.05, 4.69) is 39.6 Å². The lowest BCUT2D eigenvalue weighted by Gasteiger charge is -2.14. The molecule has 1 fully saturated rings. The number of aryl methyl sites for hydroxylation is 1. The number of carbonyl (C=O) groups excluding carboxylic acids is 1. The second-order valence-corrected chi connectivity index (χ2v) is 5.85. The molecule has 0 bridgehead atoms. The number of H-pyrrole nitrogens is 1. The predicted octanol–water partition coefficient (Wildman–Crippen LogP) is 2.45. The second kappa shape index (κ2) is 5.75. The third kappa shape index (κ3) is 3.24. The van der Waals surface area contributed by atoms with Crippen molar-refractivity contribution in [3.63, 3.8) is 0 Å². The summed E-state index contributed by atoms with van der Waals surface area (Å²) in [6, 6.07) is 9.44. The van der Waals surface area contributed by atoms with Crippen LogP contribution in [0.3, 0.4) is 0 Å². The molecule has 0 radical (unpaired) electrons. The maximum atomic E-state index is 12.2. The van der Waals surface area contributed by atoms with E-state index in [0.717, 1.165) is 11.5 Å². The molecule has 0 saturated heterocycles. The summed E-state index contributed by atoms with van der Waals surface area (Å²) in [4.78, 5) is 30.2. The number of carbonyl (C=O) groups is 1. The second-order valence-electron chi connectivity index (χ2n) is 5.85. The first-order valence-electron chi connectivity index (χ1n) is 7.51. The molecule has 114 valence electrons. The van der Waals surface area contributed by atoms with E-state index in [9.17, 15) is 9.59 Å². The summed E-state index contributed by atoms with van der Waals surface area (Å²) in [7, 11) is 0. The minimum Gasteiger partial charge on any atom is -0.344 e. The van der Waals surface area contributed by atoms with Crippen molar-refractivity contribution in [1.82, 2.24) is 15.3 Å². The van der Waals surface area contributed by atoms with Crippen molar-refractivity contribution in [1.29, 1.82) is 0 Å². The molecule has 1 aromatic heterocycles. The summed E-state index contributed by atoms with van der Waals surface area (Å²) < 4.78 is 0. The van der Waals surface area contributed by atoms with E-state index >= 15 is 0 Å². The van der Waals surface area contributed by atoms with Gasteiger partial charge in [-0.25, -0.2) is 4.98 Å². The Balaban J connectivity index is 1.70. The number of rotatable bonds is 4. The molecule has 0 spiro atoms. The molecule has 1 aromatic carbocycles. The van der Waals surface area contributed by atoms with Crippen molar-refractivity contribution < 1.29 is 4.79 Å². The van der Waals surface area contributed by atoms with E-state index in [1.54, 1.807) is 6.92 Å². The number of nitrogens with zero attached hydrogens (tertiary/aromatic N) is 1. The molecule has 1 aliphatic rings. The summed E-state index contributed by atoms with van der Waals surface area (Å²) in [5, 5.41) is 2.88. The van der Waals surface area contributed by atoms with E-state index in [1.165, 1.54) is 24.5 Å². The predicted molar refractivity (Wildman–Crippen MR) is 83.9 cm³/mol. The van der Waals surface area contributed by atoms with Crippen LogP contribution in [0.25, 0.3) is 0 Å². The highest BCUT2D eigenvalue weighted by molar-refractivity contribution is 5.92. The molecule has 5 heteroatoms. The number of aromatic nitrogens is 2. The van der Waals surface area contributed by atoms with Gasteiger partial charge >= 0.3 is 0 Å². The van der Waals surface area contributed by atoms with Gasteiger partial charge in [-0.05, 0) is 43.7 Å². The van der Waals surface area contributed by atoms with Gasteiger partial charge in [-0.15, -0.1) is 0 Å². The molecular weight excluding hydrogens is 278 g/mol. The van der Waals surface area contributed by atoms with E-state index in [-0.39, 0.29) is 23.2 Å². The first kappa shape index (κ1) is 14.5. The summed E-state index contributed by atoms with van der Waals surface area (Å²) >= 11 is 0. The molecule has 1 amide bonds. The van der Waals surface area contributed by atoms with Crippen molar-refractivity contribution >= 4 is 5.91 Å². The van der Waals surface area contributed by atoms with Gasteiger partial charge in [0.25, 0.3) is 11.5 Å². The molecule has 3 rings (SSSR count). The standard InChI is InChI=1S/C17H19N3O2/c1-10(12-3-5-13(6-4-12)14-7-8-14)18-17(22)15-9-16(21)20-11(2)19-15/h3-6,9-10,14H,7-8H2,1-2H3,(H,18,22)(H,19,20,21). The fourth-order valence-electron chi connectivity index (χ4n) is 2.52. The lowest BCUT2D eigenvalue weighted by atomic mass is 10.0. The summed E-state index contributed by atoms with van der Waals surface area (Å²) in [6.45, 7) is 3.57. The summed E-state index contributed by atoms with van der Waals surface area (Å²) in [5.74, 6) is 0.814. The van der Waals surface area contributed by atoms with Crippen LogP contribution in [-0.2, 0) is 0 Å². The van der Waals surface area contributed by atoms with Gasteiger partial charge in [-0.3, -0.25) is 9.59 Å². The zero-order chi connectivity index (χ0) is 15.7. The summed E-state index contributed by atoms with van der Waals surface area (Å²) in [6.07, 6.45) is 2.55. The Bertz CT molecular complexity index is 745. The maximum Gasteiger partial charge on any atom is 0.270 e. The van der Waals surface area contributed by atoms with Gasteiger partial charge in [0.1, 0.15) is 11.5 Å². The molecule has 1 aliphatic carbocycles. The Morgan fingerprint density at radius 3 is 2.59 bits per heavy atom. The molecule has 1 saturated carbocycles. The van der Waals surface area contributed by atoms with Crippen LogP contribution in [0, 0.1) is 6.92 Å². The van der Waals surface area contributed by atoms with Gasteiger partial charge in [-0.1, -0.05) is 24.3 Å². The van der Waals surface area contributed by atoms with Gasteiger partial charge in [0.15, 0.2) is 0 Å². The van der Waals surface area contributed by atoms with Crippen molar-refractivity contribution in [2.75, 3.05) is 0 Å². The molecule has 1 heterocycles.